The van der Waals surface area contributed by atoms with Crippen molar-refractivity contribution >= 4 is 22.4 Å². The molecule has 0 radical (unpaired) electrons. The van der Waals surface area contributed by atoms with Crippen LogP contribution in [0, 0.1) is 0 Å². The smallest absolute Gasteiger partial charge is 0.260 e. The number of amides is 1. The van der Waals surface area contributed by atoms with Crippen LogP contribution in [-0.4, -0.2) is 32.1 Å². The number of hydrogen-bond donors (Lipinski definition) is 1. The number of rotatable bonds is 7. The average Bonchev–Trinajstić information content (AvgIpc) is 2.68. The zero-order chi connectivity index (χ0) is 18.4. The summed E-state index contributed by atoms with van der Waals surface area (Å²) >= 11 is 0. The Morgan fingerprint density at radius 1 is 1.00 bits per heavy atom. The standard InChI is InChI=1S/C22H24N2O2/c1-17(26-21-13-12-18-8-6-7-9-19(18)16-21)22(25)23-14-15-24(2)20-10-4-3-5-11-20/h3-13,16-17H,14-15H2,1-2H3,(H,23,25). The second kappa shape index (κ2) is 8.39. The Morgan fingerprint density at radius 2 is 1.69 bits per heavy atom. The van der Waals surface area contributed by atoms with Crippen LogP contribution in [0.3, 0.4) is 0 Å². The Morgan fingerprint density at radius 3 is 2.46 bits per heavy atom. The number of carbonyl (C=O) groups is 1. The Hall–Kier alpha value is -3.01. The van der Waals surface area contributed by atoms with Crippen molar-refractivity contribution in [2.75, 3.05) is 25.0 Å². The molecule has 0 aliphatic heterocycles. The largest absolute Gasteiger partial charge is 0.481 e. The fourth-order valence-corrected chi connectivity index (χ4v) is 2.80. The van der Waals surface area contributed by atoms with E-state index < -0.39 is 6.10 Å². The van der Waals surface area contributed by atoms with Gasteiger partial charge >= 0.3 is 0 Å². The van der Waals surface area contributed by atoms with Crippen LogP contribution in [0.15, 0.2) is 72.8 Å². The molecular formula is C22H24N2O2. The average molecular weight is 348 g/mol. The quantitative estimate of drug-likeness (QED) is 0.705. The lowest BCUT2D eigenvalue weighted by Gasteiger charge is -2.20. The molecular weight excluding hydrogens is 324 g/mol. The topological polar surface area (TPSA) is 41.6 Å². The molecule has 0 bridgehead atoms. The third-order valence-corrected chi connectivity index (χ3v) is 4.35. The van der Waals surface area contributed by atoms with Gasteiger partial charge in [0.05, 0.1) is 0 Å². The minimum absolute atomic E-state index is 0.111. The first-order chi connectivity index (χ1) is 12.6. The number of anilines is 1. The maximum absolute atomic E-state index is 12.3. The summed E-state index contributed by atoms with van der Waals surface area (Å²) in [5.74, 6) is 0.590. The number of carbonyl (C=O) groups excluding carboxylic acids is 1. The molecule has 1 N–H and O–H groups in total. The van der Waals surface area contributed by atoms with E-state index in [0.29, 0.717) is 12.3 Å². The maximum atomic E-state index is 12.3. The van der Waals surface area contributed by atoms with Gasteiger partial charge in [0.15, 0.2) is 6.10 Å². The van der Waals surface area contributed by atoms with E-state index in [1.165, 1.54) is 0 Å². The van der Waals surface area contributed by atoms with E-state index in [0.717, 1.165) is 23.0 Å². The zero-order valence-electron chi connectivity index (χ0n) is 15.2. The van der Waals surface area contributed by atoms with Crippen LogP contribution in [0.25, 0.3) is 10.8 Å². The molecule has 26 heavy (non-hydrogen) atoms. The highest BCUT2D eigenvalue weighted by Crippen LogP contribution is 2.21. The van der Waals surface area contributed by atoms with E-state index in [2.05, 4.69) is 16.3 Å². The molecule has 3 rings (SSSR count). The molecule has 0 aliphatic carbocycles. The van der Waals surface area contributed by atoms with Crippen LogP contribution in [0.2, 0.25) is 0 Å². The second-order valence-corrected chi connectivity index (χ2v) is 6.32. The fraction of sp³-hybridized carbons (Fsp3) is 0.227. The Labute approximate surface area is 154 Å². The van der Waals surface area contributed by atoms with E-state index in [1.54, 1.807) is 6.92 Å². The minimum Gasteiger partial charge on any atom is -0.481 e. The van der Waals surface area contributed by atoms with Gasteiger partial charge in [0.1, 0.15) is 5.75 Å². The summed E-state index contributed by atoms with van der Waals surface area (Å²) in [5.41, 5.74) is 1.13. The molecule has 3 aromatic carbocycles. The lowest BCUT2D eigenvalue weighted by molar-refractivity contribution is -0.127. The Balaban J connectivity index is 1.49. The number of benzene rings is 3. The molecule has 1 unspecified atom stereocenters. The van der Waals surface area contributed by atoms with Gasteiger partial charge in [-0.25, -0.2) is 0 Å². The molecule has 0 aromatic heterocycles. The number of nitrogens with one attached hydrogen (secondary N) is 1. The van der Waals surface area contributed by atoms with Crippen LogP contribution in [0.5, 0.6) is 5.75 Å². The number of hydrogen-bond acceptors (Lipinski definition) is 3. The van der Waals surface area contributed by atoms with E-state index in [1.807, 2.05) is 73.8 Å². The van der Waals surface area contributed by atoms with E-state index in [-0.39, 0.29) is 5.91 Å². The predicted molar refractivity (Wildman–Crippen MR) is 107 cm³/mol. The summed E-state index contributed by atoms with van der Waals surface area (Å²) in [6.45, 7) is 3.07. The van der Waals surface area contributed by atoms with Crippen LogP contribution in [0.1, 0.15) is 6.92 Å². The van der Waals surface area contributed by atoms with Crippen molar-refractivity contribution in [2.45, 2.75) is 13.0 Å². The third kappa shape index (κ3) is 4.54. The SMILES string of the molecule is CC(Oc1ccc2ccccc2c1)C(=O)NCCN(C)c1ccccc1. The first-order valence-electron chi connectivity index (χ1n) is 8.83. The van der Waals surface area contributed by atoms with Crippen molar-refractivity contribution < 1.29 is 9.53 Å². The maximum Gasteiger partial charge on any atom is 0.260 e. The van der Waals surface area contributed by atoms with Gasteiger partial charge in [-0.05, 0) is 42.0 Å². The molecule has 0 fully saturated rings. The Bertz CT molecular complexity index is 864. The summed E-state index contributed by atoms with van der Waals surface area (Å²) in [4.78, 5) is 14.4. The van der Waals surface area contributed by atoms with Gasteiger partial charge in [0.25, 0.3) is 5.91 Å². The zero-order valence-corrected chi connectivity index (χ0v) is 15.2. The van der Waals surface area contributed by atoms with Gasteiger partial charge in [-0.15, -0.1) is 0 Å². The number of fused-ring (bicyclic) bond motifs is 1. The molecule has 134 valence electrons. The minimum atomic E-state index is -0.543. The van der Waals surface area contributed by atoms with E-state index >= 15 is 0 Å². The van der Waals surface area contributed by atoms with Gasteiger partial charge in [-0.1, -0.05) is 48.5 Å². The fourth-order valence-electron chi connectivity index (χ4n) is 2.80. The third-order valence-electron chi connectivity index (χ3n) is 4.35. The number of ether oxygens (including phenoxy) is 1. The molecule has 0 spiro atoms. The summed E-state index contributed by atoms with van der Waals surface area (Å²) in [5, 5.41) is 5.19. The van der Waals surface area contributed by atoms with Crippen LogP contribution >= 0.6 is 0 Å². The van der Waals surface area contributed by atoms with Crippen molar-refractivity contribution in [1.29, 1.82) is 0 Å². The van der Waals surface area contributed by atoms with Gasteiger partial charge in [-0.2, -0.15) is 0 Å². The second-order valence-electron chi connectivity index (χ2n) is 6.32. The van der Waals surface area contributed by atoms with Gasteiger partial charge in [0.2, 0.25) is 0 Å². The number of nitrogens with zero attached hydrogens (tertiary/aromatic N) is 1. The van der Waals surface area contributed by atoms with Crippen LogP contribution < -0.4 is 15.0 Å². The molecule has 3 aromatic rings. The highest BCUT2D eigenvalue weighted by atomic mass is 16.5. The molecule has 0 aliphatic rings. The first-order valence-corrected chi connectivity index (χ1v) is 8.83. The monoisotopic (exact) mass is 348 g/mol. The highest BCUT2D eigenvalue weighted by molar-refractivity contribution is 5.84. The predicted octanol–water partition coefficient (Wildman–Crippen LogP) is 3.86. The molecule has 4 nitrogen and oxygen atoms in total. The number of para-hydroxylation sites is 1. The van der Waals surface area contributed by atoms with Crippen LogP contribution in [0.4, 0.5) is 5.69 Å². The summed E-state index contributed by atoms with van der Waals surface area (Å²) in [6, 6.07) is 24.0. The summed E-state index contributed by atoms with van der Waals surface area (Å²) in [6.07, 6.45) is -0.543. The lowest BCUT2D eigenvalue weighted by atomic mass is 10.1. The van der Waals surface area contributed by atoms with Crippen molar-refractivity contribution in [3.63, 3.8) is 0 Å². The molecule has 1 atom stereocenters. The van der Waals surface area contributed by atoms with Gasteiger partial charge in [0, 0.05) is 25.8 Å². The lowest BCUT2D eigenvalue weighted by Crippen LogP contribution is -2.40. The summed E-state index contributed by atoms with van der Waals surface area (Å²) in [7, 11) is 2.01. The molecule has 1 amide bonds. The van der Waals surface area contributed by atoms with Crippen molar-refractivity contribution in [3.05, 3.63) is 72.8 Å². The van der Waals surface area contributed by atoms with Crippen molar-refractivity contribution in [1.82, 2.24) is 5.32 Å². The van der Waals surface area contributed by atoms with E-state index in [9.17, 15) is 4.79 Å². The highest BCUT2D eigenvalue weighted by Gasteiger charge is 2.14. The molecule has 0 saturated carbocycles. The molecule has 0 saturated heterocycles. The Kier molecular flexibility index (Phi) is 5.74. The van der Waals surface area contributed by atoms with Crippen LogP contribution in [-0.2, 0) is 4.79 Å². The first kappa shape index (κ1) is 17.8. The van der Waals surface area contributed by atoms with Gasteiger partial charge in [-0.3, -0.25) is 4.79 Å². The normalized spacial score (nSPS) is 11.8. The summed E-state index contributed by atoms with van der Waals surface area (Å²) < 4.78 is 5.80. The van der Waals surface area contributed by atoms with Gasteiger partial charge < -0.3 is 15.0 Å². The molecule has 4 heteroatoms. The van der Waals surface area contributed by atoms with Crippen molar-refractivity contribution in [2.24, 2.45) is 0 Å². The number of likely N-dealkylation sites (N-methyl/N-ethyl adjacent to an activating group) is 1. The van der Waals surface area contributed by atoms with Crippen molar-refractivity contribution in [3.8, 4) is 5.75 Å². The molecule has 0 heterocycles. The van der Waals surface area contributed by atoms with E-state index in [4.69, 9.17) is 4.74 Å².